The Bertz CT molecular complexity index is 610. The zero-order valence-electron chi connectivity index (χ0n) is 14.0. The number of imide groups is 1. The Hall–Kier alpha value is -1.89. The summed E-state index contributed by atoms with van der Waals surface area (Å²) in [4.78, 5) is 38.9. The summed E-state index contributed by atoms with van der Waals surface area (Å²) in [5, 5.41) is 7.51. The Morgan fingerprint density at radius 2 is 1.96 bits per heavy atom. The number of nitrogens with zero attached hydrogens (tertiary/aromatic N) is 1. The van der Waals surface area contributed by atoms with E-state index in [-0.39, 0.29) is 23.8 Å². The minimum absolute atomic E-state index is 0.140. The van der Waals surface area contributed by atoms with E-state index in [1.165, 1.54) is 0 Å². The van der Waals surface area contributed by atoms with Crippen molar-refractivity contribution in [3.8, 4) is 0 Å². The fourth-order valence-electron chi connectivity index (χ4n) is 2.55. The zero-order valence-corrected chi connectivity index (χ0v) is 14.9. The summed E-state index contributed by atoms with van der Waals surface area (Å²) in [6, 6.07) is 2.38. The van der Waals surface area contributed by atoms with Gasteiger partial charge in [0.2, 0.25) is 5.91 Å². The number of carbonyl (C=O) groups is 3. The van der Waals surface area contributed by atoms with Gasteiger partial charge in [0.25, 0.3) is 5.91 Å². The van der Waals surface area contributed by atoms with E-state index in [1.807, 2.05) is 31.4 Å². The largest absolute Gasteiger partial charge is 0.346 e. The summed E-state index contributed by atoms with van der Waals surface area (Å²) < 4.78 is 0. The molecule has 126 valence electrons. The third kappa shape index (κ3) is 3.39. The molecule has 2 N–H and O–H groups in total. The maximum Gasteiger partial charge on any atom is 0.325 e. The molecule has 1 aliphatic heterocycles. The highest BCUT2D eigenvalue weighted by Crippen LogP contribution is 2.26. The number of amides is 4. The van der Waals surface area contributed by atoms with E-state index in [0.29, 0.717) is 0 Å². The second-order valence-electron chi connectivity index (χ2n) is 6.65. The van der Waals surface area contributed by atoms with Crippen LogP contribution in [0.25, 0.3) is 0 Å². The number of carbonyl (C=O) groups excluding carboxylic acids is 3. The van der Waals surface area contributed by atoms with Gasteiger partial charge in [0.05, 0.1) is 6.04 Å². The third-order valence-corrected chi connectivity index (χ3v) is 4.93. The lowest BCUT2D eigenvalue weighted by atomic mass is 10.0. The van der Waals surface area contributed by atoms with E-state index in [2.05, 4.69) is 10.6 Å². The first-order valence-electron chi connectivity index (χ1n) is 7.64. The molecule has 6 nitrogen and oxygen atoms in total. The highest BCUT2D eigenvalue weighted by Gasteiger charge is 2.48. The molecule has 2 heterocycles. The van der Waals surface area contributed by atoms with Gasteiger partial charge < -0.3 is 10.6 Å². The van der Waals surface area contributed by atoms with Crippen LogP contribution in [0, 0.1) is 5.92 Å². The Balaban J connectivity index is 2.14. The monoisotopic (exact) mass is 337 g/mol. The van der Waals surface area contributed by atoms with Gasteiger partial charge in [-0.3, -0.25) is 9.59 Å². The Morgan fingerprint density at radius 3 is 2.39 bits per heavy atom. The van der Waals surface area contributed by atoms with E-state index >= 15 is 0 Å². The summed E-state index contributed by atoms with van der Waals surface area (Å²) in [5.41, 5.74) is -0.975. The summed E-state index contributed by atoms with van der Waals surface area (Å²) >= 11 is 1.57. The van der Waals surface area contributed by atoms with Crippen molar-refractivity contribution in [2.45, 2.75) is 52.2 Å². The lowest BCUT2D eigenvalue weighted by molar-refractivity contribution is -0.137. The van der Waals surface area contributed by atoms with Gasteiger partial charge in [-0.15, -0.1) is 11.3 Å². The van der Waals surface area contributed by atoms with Crippen LogP contribution in [0.2, 0.25) is 0 Å². The quantitative estimate of drug-likeness (QED) is 0.809. The van der Waals surface area contributed by atoms with Crippen LogP contribution in [0.5, 0.6) is 0 Å². The molecule has 1 aromatic rings. The van der Waals surface area contributed by atoms with Crippen LogP contribution in [-0.2, 0) is 9.59 Å². The van der Waals surface area contributed by atoms with Crippen LogP contribution >= 0.6 is 11.3 Å². The second kappa shape index (κ2) is 6.31. The first kappa shape index (κ1) is 17.5. The average molecular weight is 337 g/mol. The second-order valence-corrected chi connectivity index (χ2v) is 7.63. The van der Waals surface area contributed by atoms with E-state index < -0.39 is 17.6 Å². The highest BCUT2D eigenvalue weighted by molar-refractivity contribution is 7.10. The van der Waals surface area contributed by atoms with Gasteiger partial charge in [-0.2, -0.15) is 0 Å². The third-order valence-electron chi connectivity index (χ3n) is 3.97. The number of hydrogen-bond donors (Lipinski definition) is 2. The summed E-state index contributed by atoms with van der Waals surface area (Å²) in [7, 11) is 0. The van der Waals surface area contributed by atoms with Crippen molar-refractivity contribution < 1.29 is 14.4 Å². The number of rotatable bonds is 5. The molecule has 0 bridgehead atoms. The van der Waals surface area contributed by atoms with Gasteiger partial charge in [-0.25, -0.2) is 9.69 Å². The molecule has 2 rings (SSSR count). The predicted octanol–water partition coefficient (Wildman–Crippen LogP) is 2.28. The van der Waals surface area contributed by atoms with Crippen LogP contribution in [0.3, 0.4) is 0 Å². The lowest BCUT2D eigenvalue weighted by Crippen LogP contribution is -2.50. The summed E-state index contributed by atoms with van der Waals surface area (Å²) in [6.45, 7) is 8.86. The molecule has 1 fully saturated rings. The van der Waals surface area contributed by atoms with Crippen molar-refractivity contribution in [2.24, 2.45) is 5.92 Å². The van der Waals surface area contributed by atoms with Crippen LogP contribution in [0.4, 0.5) is 4.79 Å². The standard InChI is InChI=1S/C16H23N3O3S/c1-9(2)12(11-7-6-8-23-11)17-13(20)10(3)19-14(21)16(4,5)18-15(19)22/h6-10,12H,1-5H3,(H,17,20)(H,18,22)/t10-,12-/m0/s1. The molecule has 1 saturated heterocycles. The molecule has 23 heavy (non-hydrogen) atoms. The minimum Gasteiger partial charge on any atom is -0.346 e. The van der Waals surface area contributed by atoms with E-state index in [1.54, 1.807) is 32.1 Å². The number of hydrogen-bond acceptors (Lipinski definition) is 4. The van der Waals surface area contributed by atoms with Gasteiger partial charge in [0, 0.05) is 4.88 Å². The van der Waals surface area contributed by atoms with Gasteiger partial charge in [0.1, 0.15) is 11.6 Å². The molecule has 0 unspecified atom stereocenters. The first-order chi connectivity index (χ1) is 10.6. The molecule has 0 aliphatic carbocycles. The number of thiophene rings is 1. The van der Waals surface area contributed by atoms with Crippen LogP contribution in [0.1, 0.15) is 45.5 Å². The highest BCUT2D eigenvalue weighted by atomic mass is 32.1. The molecular formula is C16H23N3O3S. The van der Waals surface area contributed by atoms with Crippen LogP contribution in [0.15, 0.2) is 17.5 Å². The first-order valence-corrected chi connectivity index (χ1v) is 8.52. The van der Waals surface area contributed by atoms with Crippen molar-refractivity contribution in [1.29, 1.82) is 0 Å². The lowest BCUT2D eigenvalue weighted by Gasteiger charge is -2.26. The molecule has 2 atom stereocenters. The predicted molar refractivity (Wildman–Crippen MR) is 89.0 cm³/mol. The number of urea groups is 1. The molecular weight excluding hydrogens is 314 g/mol. The van der Waals surface area contributed by atoms with Gasteiger partial charge in [0.15, 0.2) is 0 Å². The van der Waals surface area contributed by atoms with Crippen LogP contribution in [-0.4, -0.2) is 34.3 Å². The topological polar surface area (TPSA) is 78.5 Å². The van der Waals surface area contributed by atoms with E-state index in [4.69, 9.17) is 0 Å². The normalized spacial score (nSPS) is 19.7. The van der Waals surface area contributed by atoms with Crippen molar-refractivity contribution >= 4 is 29.2 Å². The molecule has 4 amide bonds. The SMILES string of the molecule is CC(C)[C@H](NC(=O)[C@H](C)N1C(=O)NC(C)(C)C1=O)c1cccs1. The summed E-state index contributed by atoms with van der Waals surface area (Å²) in [6.07, 6.45) is 0. The maximum absolute atomic E-state index is 12.6. The average Bonchev–Trinajstić information content (AvgIpc) is 3.02. The van der Waals surface area contributed by atoms with Crippen molar-refractivity contribution in [1.82, 2.24) is 15.5 Å². The molecule has 0 spiro atoms. The van der Waals surface area contributed by atoms with E-state index in [9.17, 15) is 14.4 Å². The van der Waals surface area contributed by atoms with Crippen molar-refractivity contribution in [3.05, 3.63) is 22.4 Å². The Morgan fingerprint density at radius 1 is 1.30 bits per heavy atom. The van der Waals surface area contributed by atoms with Crippen LogP contribution < -0.4 is 10.6 Å². The molecule has 0 saturated carbocycles. The van der Waals surface area contributed by atoms with Crippen molar-refractivity contribution in [2.75, 3.05) is 0 Å². The zero-order chi connectivity index (χ0) is 17.4. The molecule has 0 aromatic carbocycles. The Labute approximate surface area is 140 Å². The van der Waals surface area contributed by atoms with Gasteiger partial charge >= 0.3 is 6.03 Å². The molecule has 1 aliphatic rings. The van der Waals surface area contributed by atoms with Gasteiger partial charge in [-0.05, 0) is 38.1 Å². The summed E-state index contributed by atoms with van der Waals surface area (Å²) in [5.74, 6) is -0.523. The smallest absolute Gasteiger partial charge is 0.325 e. The minimum atomic E-state index is -0.975. The maximum atomic E-state index is 12.6. The van der Waals surface area contributed by atoms with Gasteiger partial charge in [-0.1, -0.05) is 19.9 Å². The number of nitrogens with one attached hydrogen (secondary N) is 2. The fourth-order valence-corrected chi connectivity index (χ4v) is 3.50. The molecule has 1 aromatic heterocycles. The van der Waals surface area contributed by atoms with Crippen molar-refractivity contribution in [3.63, 3.8) is 0 Å². The molecule has 0 radical (unpaired) electrons. The van der Waals surface area contributed by atoms with E-state index in [0.717, 1.165) is 9.78 Å². The Kier molecular flexibility index (Phi) is 4.79. The molecule has 7 heteroatoms. The fraction of sp³-hybridized carbons (Fsp3) is 0.562.